The van der Waals surface area contributed by atoms with Crippen molar-refractivity contribution in [3.05, 3.63) is 42.1 Å². The van der Waals surface area contributed by atoms with E-state index in [0.717, 1.165) is 41.1 Å². The molecule has 3 rings (SSSR count). The molecule has 0 aliphatic rings. The SMILES string of the molecule is Cc1cc2c(NCCCNC=O)nc(-c3ccccc3)nc2[nH]1. The molecule has 0 aliphatic carbocycles. The molecule has 1 amide bonds. The summed E-state index contributed by atoms with van der Waals surface area (Å²) in [6.07, 6.45) is 1.54. The molecule has 2 heterocycles. The zero-order chi connectivity index (χ0) is 16.1. The zero-order valence-corrected chi connectivity index (χ0v) is 13.0. The summed E-state index contributed by atoms with van der Waals surface area (Å²) < 4.78 is 0. The molecule has 0 unspecified atom stereocenters. The average Bonchev–Trinajstić information content (AvgIpc) is 2.95. The van der Waals surface area contributed by atoms with Crippen molar-refractivity contribution in [1.82, 2.24) is 20.3 Å². The lowest BCUT2D eigenvalue weighted by molar-refractivity contribution is -0.109. The zero-order valence-electron chi connectivity index (χ0n) is 13.0. The van der Waals surface area contributed by atoms with Gasteiger partial charge < -0.3 is 15.6 Å². The van der Waals surface area contributed by atoms with Gasteiger partial charge in [-0.25, -0.2) is 9.97 Å². The van der Waals surface area contributed by atoms with Crippen molar-refractivity contribution in [3.8, 4) is 11.4 Å². The van der Waals surface area contributed by atoms with Gasteiger partial charge in [-0.1, -0.05) is 30.3 Å². The lowest BCUT2D eigenvalue weighted by Gasteiger charge is -2.09. The van der Waals surface area contributed by atoms with E-state index in [4.69, 9.17) is 0 Å². The number of benzene rings is 1. The van der Waals surface area contributed by atoms with Crippen LogP contribution < -0.4 is 10.6 Å². The lowest BCUT2D eigenvalue weighted by atomic mass is 10.2. The minimum atomic E-state index is 0.641. The molecule has 0 radical (unpaired) electrons. The van der Waals surface area contributed by atoms with Crippen LogP contribution in [0.2, 0.25) is 0 Å². The number of carbonyl (C=O) groups excluding carboxylic acids is 1. The number of aromatic nitrogens is 3. The molecule has 6 heteroatoms. The Morgan fingerprint density at radius 1 is 1.17 bits per heavy atom. The van der Waals surface area contributed by atoms with E-state index in [-0.39, 0.29) is 0 Å². The monoisotopic (exact) mass is 309 g/mol. The van der Waals surface area contributed by atoms with Crippen molar-refractivity contribution in [2.24, 2.45) is 0 Å². The molecule has 0 aliphatic heterocycles. The van der Waals surface area contributed by atoms with Crippen molar-refractivity contribution < 1.29 is 4.79 Å². The Morgan fingerprint density at radius 3 is 2.78 bits per heavy atom. The van der Waals surface area contributed by atoms with Gasteiger partial charge in [-0.3, -0.25) is 4.79 Å². The molecule has 1 aromatic carbocycles. The molecule has 118 valence electrons. The second-order valence-corrected chi connectivity index (χ2v) is 5.33. The molecule has 0 atom stereocenters. The lowest BCUT2D eigenvalue weighted by Crippen LogP contribution is -2.16. The van der Waals surface area contributed by atoms with E-state index >= 15 is 0 Å². The number of fused-ring (bicyclic) bond motifs is 1. The van der Waals surface area contributed by atoms with Crippen LogP contribution in [-0.2, 0) is 4.79 Å². The van der Waals surface area contributed by atoms with Crippen LogP contribution in [0.3, 0.4) is 0 Å². The molecule has 6 nitrogen and oxygen atoms in total. The van der Waals surface area contributed by atoms with Crippen LogP contribution in [0.1, 0.15) is 12.1 Å². The summed E-state index contributed by atoms with van der Waals surface area (Å²) in [6, 6.07) is 11.9. The fourth-order valence-corrected chi connectivity index (χ4v) is 2.45. The van der Waals surface area contributed by atoms with Gasteiger partial charge >= 0.3 is 0 Å². The highest BCUT2D eigenvalue weighted by Crippen LogP contribution is 2.25. The van der Waals surface area contributed by atoms with Gasteiger partial charge in [0.15, 0.2) is 5.82 Å². The smallest absolute Gasteiger partial charge is 0.207 e. The summed E-state index contributed by atoms with van der Waals surface area (Å²) in [5.74, 6) is 1.50. The first-order valence-electron chi connectivity index (χ1n) is 7.61. The number of nitrogens with zero attached hydrogens (tertiary/aromatic N) is 2. The first kappa shape index (κ1) is 15.0. The molecular formula is C17H19N5O. The molecule has 0 bridgehead atoms. The Morgan fingerprint density at radius 2 is 2.00 bits per heavy atom. The largest absolute Gasteiger partial charge is 0.369 e. The number of hydrogen-bond acceptors (Lipinski definition) is 4. The number of aromatic amines is 1. The molecule has 3 aromatic rings. The number of hydrogen-bond donors (Lipinski definition) is 3. The molecule has 0 spiro atoms. The highest BCUT2D eigenvalue weighted by atomic mass is 16.1. The predicted octanol–water partition coefficient (Wildman–Crippen LogP) is 2.48. The summed E-state index contributed by atoms with van der Waals surface area (Å²) in [5.41, 5.74) is 2.85. The van der Waals surface area contributed by atoms with E-state index in [9.17, 15) is 4.79 Å². The standard InChI is InChI=1S/C17H19N5O/c1-12-10-14-16(19-9-5-8-18-11-23)21-15(22-17(14)20-12)13-6-3-2-4-7-13/h2-4,6-7,10-11H,5,8-9H2,1H3,(H,18,23)(H2,19,20,21,22). The minimum Gasteiger partial charge on any atom is -0.369 e. The Labute approximate surface area is 134 Å². The Bertz CT molecular complexity index is 797. The third kappa shape index (κ3) is 3.48. The summed E-state index contributed by atoms with van der Waals surface area (Å²) in [5, 5.41) is 6.97. The van der Waals surface area contributed by atoms with Crippen LogP contribution in [0.25, 0.3) is 22.4 Å². The maximum atomic E-state index is 10.3. The summed E-state index contributed by atoms with van der Waals surface area (Å²) >= 11 is 0. The van der Waals surface area contributed by atoms with Gasteiger partial charge in [0.1, 0.15) is 11.5 Å². The van der Waals surface area contributed by atoms with Gasteiger partial charge in [0, 0.05) is 24.3 Å². The third-order valence-electron chi connectivity index (χ3n) is 3.53. The minimum absolute atomic E-state index is 0.641. The molecule has 2 aromatic heterocycles. The van der Waals surface area contributed by atoms with E-state index in [2.05, 4.69) is 25.6 Å². The molecule has 3 N–H and O–H groups in total. The van der Waals surface area contributed by atoms with Crippen LogP contribution in [0, 0.1) is 6.92 Å². The molecule has 0 saturated carbocycles. The van der Waals surface area contributed by atoms with Gasteiger partial charge in [-0.15, -0.1) is 0 Å². The first-order chi connectivity index (χ1) is 11.3. The fourth-order valence-electron chi connectivity index (χ4n) is 2.45. The second kappa shape index (κ2) is 6.91. The van der Waals surface area contributed by atoms with Crippen LogP contribution in [0.4, 0.5) is 5.82 Å². The molecule has 0 saturated heterocycles. The Balaban J connectivity index is 1.89. The topological polar surface area (TPSA) is 82.7 Å². The van der Waals surface area contributed by atoms with Gasteiger partial charge in [0.2, 0.25) is 6.41 Å². The van der Waals surface area contributed by atoms with E-state index in [1.54, 1.807) is 0 Å². The maximum Gasteiger partial charge on any atom is 0.207 e. The van der Waals surface area contributed by atoms with E-state index < -0.39 is 0 Å². The number of H-pyrrole nitrogens is 1. The molecular weight excluding hydrogens is 290 g/mol. The highest BCUT2D eigenvalue weighted by Gasteiger charge is 2.11. The van der Waals surface area contributed by atoms with Crippen LogP contribution >= 0.6 is 0 Å². The second-order valence-electron chi connectivity index (χ2n) is 5.33. The first-order valence-corrected chi connectivity index (χ1v) is 7.61. The van der Waals surface area contributed by atoms with Gasteiger partial charge in [-0.2, -0.15) is 0 Å². The maximum absolute atomic E-state index is 10.3. The Kier molecular flexibility index (Phi) is 4.52. The predicted molar refractivity (Wildman–Crippen MR) is 91.2 cm³/mol. The number of rotatable bonds is 7. The van der Waals surface area contributed by atoms with Crippen LogP contribution in [-0.4, -0.2) is 34.5 Å². The quantitative estimate of drug-likeness (QED) is 0.462. The number of nitrogens with one attached hydrogen (secondary N) is 3. The average molecular weight is 309 g/mol. The number of aryl methyl sites for hydroxylation is 1. The van der Waals surface area contributed by atoms with Crippen molar-refractivity contribution in [1.29, 1.82) is 0 Å². The van der Waals surface area contributed by atoms with Gasteiger partial charge in [0.05, 0.1) is 5.39 Å². The highest BCUT2D eigenvalue weighted by molar-refractivity contribution is 5.89. The summed E-state index contributed by atoms with van der Waals surface area (Å²) in [4.78, 5) is 22.8. The number of amides is 1. The third-order valence-corrected chi connectivity index (χ3v) is 3.53. The van der Waals surface area contributed by atoms with Crippen molar-refractivity contribution in [2.45, 2.75) is 13.3 Å². The number of carbonyl (C=O) groups is 1. The molecule has 0 fully saturated rings. The van der Waals surface area contributed by atoms with E-state index in [1.165, 1.54) is 0 Å². The van der Waals surface area contributed by atoms with Crippen LogP contribution in [0.5, 0.6) is 0 Å². The molecule has 23 heavy (non-hydrogen) atoms. The summed E-state index contributed by atoms with van der Waals surface area (Å²) in [6.45, 7) is 3.37. The Hall–Kier alpha value is -2.89. The normalized spacial score (nSPS) is 10.7. The van der Waals surface area contributed by atoms with Crippen molar-refractivity contribution in [2.75, 3.05) is 18.4 Å². The van der Waals surface area contributed by atoms with E-state index in [0.29, 0.717) is 18.8 Å². The van der Waals surface area contributed by atoms with Crippen molar-refractivity contribution >= 4 is 23.3 Å². The number of anilines is 1. The van der Waals surface area contributed by atoms with Crippen LogP contribution in [0.15, 0.2) is 36.4 Å². The van der Waals surface area contributed by atoms with Gasteiger partial charge in [-0.05, 0) is 19.4 Å². The fraction of sp³-hybridized carbons (Fsp3) is 0.235. The van der Waals surface area contributed by atoms with Gasteiger partial charge in [0.25, 0.3) is 0 Å². The van der Waals surface area contributed by atoms with Crippen molar-refractivity contribution in [3.63, 3.8) is 0 Å². The summed E-state index contributed by atoms with van der Waals surface area (Å²) in [7, 11) is 0. The van der Waals surface area contributed by atoms with E-state index in [1.807, 2.05) is 43.3 Å².